The van der Waals surface area contributed by atoms with Crippen molar-refractivity contribution in [2.45, 2.75) is 45.4 Å². The first-order chi connectivity index (χ1) is 11.4. The lowest BCUT2D eigenvalue weighted by Gasteiger charge is -2.15. The average Bonchev–Trinajstić information content (AvgIpc) is 3.20. The summed E-state index contributed by atoms with van der Waals surface area (Å²) < 4.78 is 0. The normalized spacial score (nSPS) is 13.8. The number of aliphatic imine (C=N–C) groups is 1. The van der Waals surface area contributed by atoms with Gasteiger partial charge >= 0.3 is 0 Å². The fourth-order valence-electron chi connectivity index (χ4n) is 2.20. The van der Waals surface area contributed by atoms with E-state index in [-0.39, 0.29) is 5.41 Å². The van der Waals surface area contributed by atoms with E-state index in [1.165, 1.54) is 16.3 Å². The fourth-order valence-corrected chi connectivity index (χ4v) is 4.01. The van der Waals surface area contributed by atoms with Crippen LogP contribution in [0.2, 0.25) is 0 Å². The minimum absolute atomic E-state index is 0.123. The molecule has 0 radical (unpaired) electrons. The molecule has 0 aromatic carbocycles. The number of thiophene rings is 1. The van der Waals surface area contributed by atoms with Gasteiger partial charge in [0.2, 0.25) is 0 Å². The third kappa shape index (κ3) is 5.60. The molecular formula is C18H28N4S2. The highest BCUT2D eigenvalue weighted by Gasteiger charge is 2.17. The van der Waals surface area contributed by atoms with E-state index in [1.54, 1.807) is 22.7 Å². The van der Waals surface area contributed by atoms with Crippen LogP contribution >= 0.6 is 22.7 Å². The molecule has 132 valence electrons. The van der Waals surface area contributed by atoms with E-state index in [0.717, 1.165) is 25.5 Å². The predicted molar refractivity (Wildman–Crippen MR) is 107 cm³/mol. The summed E-state index contributed by atoms with van der Waals surface area (Å²) in [4.78, 5) is 9.03. The van der Waals surface area contributed by atoms with Gasteiger partial charge in [0, 0.05) is 37.4 Å². The molecule has 6 heteroatoms. The molecular weight excluding hydrogens is 336 g/mol. The first-order valence-corrected chi connectivity index (χ1v) is 10.1. The Hall–Kier alpha value is -1.40. The lowest BCUT2D eigenvalue weighted by Crippen LogP contribution is -2.39. The molecule has 4 nitrogen and oxygen atoms in total. The molecule has 0 amide bonds. The zero-order valence-electron chi connectivity index (χ0n) is 15.2. The van der Waals surface area contributed by atoms with Gasteiger partial charge in [-0.3, -0.25) is 4.99 Å². The van der Waals surface area contributed by atoms with Crippen molar-refractivity contribution in [3.63, 3.8) is 0 Å². The maximum Gasteiger partial charge on any atom is 0.191 e. The summed E-state index contributed by atoms with van der Waals surface area (Å²) in [6.07, 6.45) is 0.918. The number of hydrogen-bond acceptors (Lipinski definition) is 4. The van der Waals surface area contributed by atoms with Crippen LogP contribution in [0.3, 0.4) is 0 Å². The highest BCUT2D eigenvalue weighted by atomic mass is 32.1. The first kappa shape index (κ1) is 18.9. The van der Waals surface area contributed by atoms with E-state index in [0.29, 0.717) is 5.92 Å². The monoisotopic (exact) mass is 364 g/mol. The number of guanidine groups is 1. The van der Waals surface area contributed by atoms with E-state index in [9.17, 15) is 0 Å². The Morgan fingerprint density at radius 2 is 2.08 bits per heavy atom. The van der Waals surface area contributed by atoms with Crippen LogP contribution in [0.15, 0.2) is 27.2 Å². The molecule has 0 fully saturated rings. The largest absolute Gasteiger partial charge is 0.356 e. The third-order valence-corrected chi connectivity index (χ3v) is 5.47. The molecule has 0 aliphatic carbocycles. The second-order valence-corrected chi connectivity index (χ2v) is 8.69. The lowest BCUT2D eigenvalue weighted by molar-refractivity contribution is 0.570. The Balaban J connectivity index is 1.75. The second-order valence-electron chi connectivity index (χ2n) is 6.96. The first-order valence-electron chi connectivity index (χ1n) is 8.31. The average molecular weight is 365 g/mol. The van der Waals surface area contributed by atoms with E-state index >= 15 is 0 Å². The molecule has 0 spiro atoms. The topological polar surface area (TPSA) is 49.3 Å². The summed E-state index contributed by atoms with van der Waals surface area (Å²) in [6.45, 7) is 10.5. The van der Waals surface area contributed by atoms with Gasteiger partial charge in [0.05, 0.1) is 10.7 Å². The van der Waals surface area contributed by atoms with Gasteiger partial charge in [0.25, 0.3) is 0 Å². The predicted octanol–water partition coefficient (Wildman–Crippen LogP) is 4.01. The Kier molecular flexibility index (Phi) is 6.80. The van der Waals surface area contributed by atoms with Gasteiger partial charge in [-0.15, -0.1) is 11.3 Å². The molecule has 0 saturated heterocycles. The van der Waals surface area contributed by atoms with Crippen molar-refractivity contribution in [1.82, 2.24) is 15.6 Å². The second kappa shape index (κ2) is 8.62. The van der Waals surface area contributed by atoms with Crippen molar-refractivity contribution in [2.75, 3.05) is 20.1 Å². The molecule has 2 heterocycles. The summed E-state index contributed by atoms with van der Waals surface area (Å²) in [5.74, 6) is 1.33. The van der Waals surface area contributed by atoms with Crippen LogP contribution in [0.5, 0.6) is 0 Å². The van der Waals surface area contributed by atoms with Crippen LogP contribution in [0.4, 0.5) is 0 Å². The SMILES string of the molecule is CN=C(NCCc1nc(C(C)(C)C)cs1)NCC(C)c1ccsc1. The number of rotatable bonds is 6. The molecule has 1 atom stereocenters. The lowest BCUT2D eigenvalue weighted by atomic mass is 9.93. The third-order valence-electron chi connectivity index (χ3n) is 3.86. The number of nitrogens with one attached hydrogen (secondary N) is 2. The van der Waals surface area contributed by atoms with Gasteiger partial charge < -0.3 is 10.6 Å². The summed E-state index contributed by atoms with van der Waals surface area (Å²) in [5, 5.41) is 14.5. The van der Waals surface area contributed by atoms with Gasteiger partial charge in [0.15, 0.2) is 5.96 Å². The zero-order chi connectivity index (χ0) is 17.6. The minimum Gasteiger partial charge on any atom is -0.356 e. The fraction of sp³-hybridized carbons (Fsp3) is 0.556. The Morgan fingerprint density at radius 3 is 2.67 bits per heavy atom. The molecule has 0 bridgehead atoms. The Bertz CT molecular complexity index is 638. The molecule has 2 rings (SSSR count). The highest BCUT2D eigenvalue weighted by Crippen LogP contribution is 2.23. The molecule has 2 N–H and O–H groups in total. The summed E-state index contributed by atoms with van der Waals surface area (Å²) in [7, 11) is 1.81. The van der Waals surface area contributed by atoms with Crippen LogP contribution in [-0.2, 0) is 11.8 Å². The van der Waals surface area contributed by atoms with Gasteiger partial charge in [-0.2, -0.15) is 11.3 Å². The van der Waals surface area contributed by atoms with Crippen molar-refractivity contribution in [2.24, 2.45) is 4.99 Å². The molecule has 0 aliphatic rings. The maximum atomic E-state index is 4.73. The number of thiazole rings is 1. The van der Waals surface area contributed by atoms with Crippen molar-refractivity contribution >= 4 is 28.6 Å². The highest BCUT2D eigenvalue weighted by molar-refractivity contribution is 7.09. The smallest absolute Gasteiger partial charge is 0.191 e. The number of aromatic nitrogens is 1. The van der Waals surface area contributed by atoms with Crippen LogP contribution in [0.25, 0.3) is 0 Å². The van der Waals surface area contributed by atoms with Gasteiger partial charge in [-0.05, 0) is 28.3 Å². The number of hydrogen-bond donors (Lipinski definition) is 2. The molecule has 0 saturated carbocycles. The van der Waals surface area contributed by atoms with Crippen LogP contribution in [-0.4, -0.2) is 31.1 Å². The van der Waals surface area contributed by atoms with Crippen LogP contribution in [0, 0.1) is 0 Å². The van der Waals surface area contributed by atoms with Crippen molar-refractivity contribution in [3.8, 4) is 0 Å². The quantitative estimate of drug-likeness (QED) is 0.601. The number of nitrogens with zero attached hydrogens (tertiary/aromatic N) is 2. The molecule has 24 heavy (non-hydrogen) atoms. The zero-order valence-corrected chi connectivity index (χ0v) is 16.9. The van der Waals surface area contributed by atoms with Crippen molar-refractivity contribution in [1.29, 1.82) is 0 Å². The van der Waals surface area contributed by atoms with Crippen molar-refractivity contribution < 1.29 is 0 Å². The Labute approximate surface area is 153 Å². The minimum atomic E-state index is 0.123. The maximum absolute atomic E-state index is 4.73. The van der Waals surface area contributed by atoms with Crippen LogP contribution in [0.1, 0.15) is 49.9 Å². The van der Waals surface area contributed by atoms with Gasteiger partial charge in [-0.25, -0.2) is 4.98 Å². The summed E-state index contributed by atoms with van der Waals surface area (Å²) in [6, 6.07) is 2.18. The molecule has 1 unspecified atom stereocenters. The Morgan fingerprint density at radius 1 is 1.29 bits per heavy atom. The summed E-state index contributed by atoms with van der Waals surface area (Å²) in [5.41, 5.74) is 2.67. The van der Waals surface area contributed by atoms with E-state index in [4.69, 9.17) is 4.98 Å². The molecule has 0 aliphatic heterocycles. The van der Waals surface area contributed by atoms with E-state index < -0.39 is 0 Å². The van der Waals surface area contributed by atoms with Crippen LogP contribution < -0.4 is 10.6 Å². The van der Waals surface area contributed by atoms with E-state index in [2.05, 4.69) is 65.5 Å². The standard InChI is InChI=1S/C18H28N4S2/c1-13(14-7-9-23-11-14)10-21-17(19-5)20-8-6-16-22-15(12-24-16)18(2,3)4/h7,9,11-13H,6,8,10H2,1-5H3,(H2,19,20,21). The summed E-state index contributed by atoms with van der Waals surface area (Å²) >= 11 is 3.49. The van der Waals surface area contributed by atoms with Gasteiger partial charge in [-0.1, -0.05) is 27.7 Å². The van der Waals surface area contributed by atoms with Crippen molar-refractivity contribution in [3.05, 3.63) is 38.5 Å². The molecule has 2 aromatic heterocycles. The molecule has 2 aromatic rings. The van der Waals surface area contributed by atoms with E-state index in [1.807, 2.05) is 7.05 Å². The van der Waals surface area contributed by atoms with Gasteiger partial charge in [0.1, 0.15) is 0 Å².